The SMILES string of the molecule is COc1cc(OC)c(NC(=O)Cn2c(=O)n(-c3ccccc3)c(=O)c3c2cc(C)n3C)cc1Cl. The summed E-state index contributed by atoms with van der Waals surface area (Å²) in [5.41, 5.74) is 1.12. The minimum absolute atomic E-state index is 0.287. The van der Waals surface area contributed by atoms with E-state index in [4.69, 9.17) is 21.1 Å². The monoisotopic (exact) mass is 482 g/mol. The second-order valence-electron chi connectivity index (χ2n) is 7.66. The van der Waals surface area contributed by atoms with Crippen LogP contribution in [0.4, 0.5) is 5.69 Å². The van der Waals surface area contributed by atoms with Gasteiger partial charge in [-0.15, -0.1) is 0 Å². The highest BCUT2D eigenvalue weighted by molar-refractivity contribution is 6.32. The van der Waals surface area contributed by atoms with Crippen LogP contribution in [0.3, 0.4) is 0 Å². The molecular formula is C24H23ClN4O5. The molecule has 0 aliphatic carbocycles. The Balaban J connectivity index is 1.82. The standard InChI is InChI=1S/C24H23ClN4O5/c1-14-10-18-22(27(14)2)23(31)29(15-8-6-5-7-9-15)24(32)28(18)13-21(30)26-17-11-16(25)19(33-3)12-20(17)34-4/h5-12H,13H2,1-4H3,(H,26,30). The highest BCUT2D eigenvalue weighted by Gasteiger charge is 2.21. The van der Waals surface area contributed by atoms with Crippen molar-refractivity contribution in [3.05, 3.63) is 80.1 Å². The van der Waals surface area contributed by atoms with Crippen molar-refractivity contribution in [2.24, 2.45) is 7.05 Å². The molecule has 1 amide bonds. The summed E-state index contributed by atoms with van der Waals surface area (Å²) in [6.45, 7) is 1.49. The van der Waals surface area contributed by atoms with E-state index < -0.39 is 17.2 Å². The molecule has 0 fully saturated rings. The first-order chi connectivity index (χ1) is 16.3. The number of methoxy groups -OCH3 is 2. The van der Waals surface area contributed by atoms with Gasteiger partial charge in [-0.05, 0) is 31.2 Å². The van der Waals surface area contributed by atoms with Gasteiger partial charge in [0.25, 0.3) is 5.56 Å². The first-order valence-electron chi connectivity index (χ1n) is 10.4. The maximum absolute atomic E-state index is 13.4. The summed E-state index contributed by atoms with van der Waals surface area (Å²) in [7, 11) is 4.67. The third kappa shape index (κ3) is 3.94. The topological polar surface area (TPSA) is 96.5 Å². The average molecular weight is 483 g/mol. The van der Waals surface area contributed by atoms with Crippen molar-refractivity contribution < 1.29 is 14.3 Å². The second-order valence-corrected chi connectivity index (χ2v) is 8.07. The van der Waals surface area contributed by atoms with Gasteiger partial charge in [0.05, 0.1) is 36.1 Å². The number of halogens is 1. The minimum atomic E-state index is -0.621. The van der Waals surface area contributed by atoms with Crippen LogP contribution in [0, 0.1) is 6.92 Å². The lowest BCUT2D eigenvalue weighted by Crippen LogP contribution is -2.41. The Morgan fingerprint density at radius 2 is 1.71 bits per heavy atom. The van der Waals surface area contributed by atoms with E-state index in [0.29, 0.717) is 33.9 Å². The van der Waals surface area contributed by atoms with E-state index in [-0.39, 0.29) is 11.6 Å². The fourth-order valence-corrected chi connectivity index (χ4v) is 4.08. The van der Waals surface area contributed by atoms with Crippen LogP contribution in [-0.4, -0.2) is 33.8 Å². The summed E-state index contributed by atoms with van der Waals surface area (Å²) < 4.78 is 14.6. The number of para-hydroxylation sites is 1. The van der Waals surface area contributed by atoms with Gasteiger partial charge in [0.2, 0.25) is 5.91 Å². The van der Waals surface area contributed by atoms with Crippen molar-refractivity contribution in [3.63, 3.8) is 0 Å². The molecule has 4 rings (SSSR count). The molecule has 4 aromatic rings. The second kappa shape index (κ2) is 9.11. The zero-order valence-corrected chi connectivity index (χ0v) is 19.8. The van der Waals surface area contributed by atoms with Crippen molar-refractivity contribution in [1.82, 2.24) is 13.7 Å². The van der Waals surface area contributed by atoms with Crippen LogP contribution in [0.2, 0.25) is 5.02 Å². The molecule has 0 aliphatic rings. The molecule has 176 valence electrons. The lowest BCUT2D eigenvalue weighted by Gasteiger charge is -2.15. The van der Waals surface area contributed by atoms with E-state index in [1.165, 1.54) is 24.9 Å². The van der Waals surface area contributed by atoms with E-state index in [1.807, 2.05) is 6.92 Å². The summed E-state index contributed by atoms with van der Waals surface area (Å²) in [6, 6.07) is 13.4. The summed E-state index contributed by atoms with van der Waals surface area (Å²) in [5, 5.41) is 3.02. The molecular weight excluding hydrogens is 460 g/mol. The lowest BCUT2D eigenvalue weighted by atomic mass is 10.2. The van der Waals surface area contributed by atoms with Crippen LogP contribution >= 0.6 is 11.6 Å². The molecule has 34 heavy (non-hydrogen) atoms. The first kappa shape index (κ1) is 23.2. The number of fused-ring (bicyclic) bond motifs is 1. The van der Waals surface area contributed by atoms with E-state index in [9.17, 15) is 14.4 Å². The van der Waals surface area contributed by atoms with Crippen LogP contribution < -0.4 is 26.0 Å². The number of amides is 1. The Hall–Kier alpha value is -3.98. The fraction of sp³-hybridized carbons (Fsp3) is 0.208. The molecule has 0 aliphatic heterocycles. The molecule has 0 saturated heterocycles. The number of nitrogens with zero attached hydrogens (tertiary/aromatic N) is 3. The van der Waals surface area contributed by atoms with E-state index in [0.717, 1.165) is 10.3 Å². The summed E-state index contributed by atoms with van der Waals surface area (Å²) >= 11 is 6.20. The van der Waals surface area contributed by atoms with Gasteiger partial charge in [-0.3, -0.25) is 14.2 Å². The van der Waals surface area contributed by atoms with E-state index >= 15 is 0 Å². The number of aryl methyl sites for hydroxylation is 2. The number of aromatic nitrogens is 3. The van der Waals surface area contributed by atoms with Gasteiger partial charge in [0, 0.05) is 18.8 Å². The predicted molar refractivity (Wildman–Crippen MR) is 131 cm³/mol. The normalized spacial score (nSPS) is 11.0. The number of rotatable bonds is 6. The van der Waals surface area contributed by atoms with Crippen molar-refractivity contribution in [3.8, 4) is 17.2 Å². The maximum Gasteiger partial charge on any atom is 0.336 e. The third-order valence-electron chi connectivity index (χ3n) is 5.64. The van der Waals surface area contributed by atoms with Gasteiger partial charge in [-0.1, -0.05) is 29.8 Å². The predicted octanol–water partition coefficient (Wildman–Crippen LogP) is 3.11. The van der Waals surface area contributed by atoms with E-state index in [2.05, 4.69) is 5.32 Å². The van der Waals surface area contributed by atoms with Crippen LogP contribution in [-0.2, 0) is 18.4 Å². The molecule has 0 atom stereocenters. The Morgan fingerprint density at radius 1 is 1.03 bits per heavy atom. The molecule has 2 aromatic heterocycles. The Bertz CT molecular complexity index is 1520. The van der Waals surface area contributed by atoms with Crippen LogP contribution in [0.15, 0.2) is 58.1 Å². The van der Waals surface area contributed by atoms with Crippen LogP contribution in [0.1, 0.15) is 5.69 Å². The highest BCUT2D eigenvalue weighted by Crippen LogP contribution is 2.35. The number of hydrogen-bond acceptors (Lipinski definition) is 5. The zero-order chi connectivity index (χ0) is 24.6. The smallest absolute Gasteiger partial charge is 0.336 e. The molecule has 1 N–H and O–H groups in total. The number of anilines is 1. The van der Waals surface area contributed by atoms with E-state index in [1.54, 1.807) is 54.1 Å². The lowest BCUT2D eigenvalue weighted by molar-refractivity contribution is -0.116. The summed E-state index contributed by atoms with van der Waals surface area (Å²) in [4.78, 5) is 39.8. The molecule has 2 aromatic carbocycles. The number of carbonyl (C=O) groups is 1. The largest absolute Gasteiger partial charge is 0.495 e. The molecule has 0 radical (unpaired) electrons. The Kier molecular flexibility index (Phi) is 6.21. The van der Waals surface area contributed by atoms with Crippen molar-refractivity contribution in [2.75, 3.05) is 19.5 Å². The van der Waals surface area contributed by atoms with Crippen LogP contribution in [0.5, 0.6) is 11.5 Å². The molecule has 0 unspecified atom stereocenters. The number of hydrogen-bond donors (Lipinski definition) is 1. The van der Waals surface area contributed by atoms with Gasteiger partial charge < -0.3 is 19.4 Å². The average Bonchev–Trinajstić information content (AvgIpc) is 3.12. The van der Waals surface area contributed by atoms with Crippen molar-refractivity contribution in [1.29, 1.82) is 0 Å². The number of nitrogens with one attached hydrogen (secondary N) is 1. The summed E-state index contributed by atoms with van der Waals surface area (Å²) in [5.74, 6) is 0.240. The third-order valence-corrected chi connectivity index (χ3v) is 5.93. The Labute approximate surface area is 199 Å². The number of benzene rings is 2. The highest BCUT2D eigenvalue weighted by atomic mass is 35.5. The van der Waals surface area contributed by atoms with Gasteiger partial charge in [0.1, 0.15) is 23.6 Å². The number of ether oxygens (including phenoxy) is 2. The maximum atomic E-state index is 13.4. The minimum Gasteiger partial charge on any atom is -0.495 e. The molecule has 0 saturated carbocycles. The fourth-order valence-electron chi connectivity index (χ4n) is 3.84. The Morgan fingerprint density at radius 3 is 2.35 bits per heavy atom. The zero-order valence-electron chi connectivity index (χ0n) is 19.1. The van der Waals surface area contributed by atoms with Gasteiger partial charge >= 0.3 is 5.69 Å². The molecule has 0 bridgehead atoms. The molecule has 10 heteroatoms. The number of carbonyl (C=O) groups excluding carboxylic acids is 1. The van der Waals surface area contributed by atoms with Gasteiger partial charge in [-0.2, -0.15) is 0 Å². The van der Waals surface area contributed by atoms with Gasteiger partial charge in [-0.25, -0.2) is 9.36 Å². The summed E-state index contributed by atoms with van der Waals surface area (Å²) in [6.07, 6.45) is 0. The first-order valence-corrected chi connectivity index (χ1v) is 10.7. The quantitative estimate of drug-likeness (QED) is 0.455. The molecule has 0 spiro atoms. The van der Waals surface area contributed by atoms with Crippen molar-refractivity contribution >= 4 is 34.2 Å². The van der Waals surface area contributed by atoms with Gasteiger partial charge in [0.15, 0.2) is 0 Å². The molecule has 2 heterocycles. The molecule has 9 nitrogen and oxygen atoms in total. The van der Waals surface area contributed by atoms with Crippen molar-refractivity contribution in [2.45, 2.75) is 13.5 Å². The van der Waals surface area contributed by atoms with Crippen LogP contribution in [0.25, 0.3) is 16.7 Å².